The zero-order valence-electron chi connectivity index (χ0n) is 8.73. The van der Waals surface area contributed by atoms with Crippen molar-refractivity contribution in [3.63, 3.8) is 0 Å². The molecule has 1 aromatic heterocycles. The summed E-state index contributed by atoms with van der Waals surface area (Å²) in [5.41, 5.74) is 2.27. The molecule has 0 amide bonds. The predicted molar refractivity (Wildman–Crippen MR) is 65.3 cm³/mol. The van der Waals surface area contributed by atoms with Gasteiger partial charge in [0.2, 0.25) is 0 Å². The van der Waals surface area contributed by atoms with Crippen molar-refractivity contribution < 1.29 is 0 Å². The van der Waals surface area contributed by atoms with E-state index in [0.717, 1.165) is 23.3 Å². The number of nitrogens with zero attached hydrogens (tertiary/aromatic N) is 1. The molecule has 3 heteroatoms. The number of rotatable bonds is 3. The number of aromatic amines is 1. The van der Waals surface area contributed by atoms with Gasteiger partial charge in [0, 0.05) is 6.54 Å². The lowest BCUT2D eigenvalue weighted by Gasteiger charge is -2.00. The highest BCUT2D eigenvalue weighted by Gasteiger charge is 2.01. The van der Waals surface area contributed by atoms with Crippen molar-refractivity contribution in [3.8, 4) is 11.3 Å². The van der Waals surface area contributed by atoms with Crippen molar-refractivity contribution in [2.75, 3.05) is 0 Å². The minimum atomic E-state index is 0.871. The van der Waals surface area contributed by atoms with Crippen LogP contribution in [0, 0.1) is 4.64 Å². The largest absolute Gasteiger partial charge is 0.297 e. The highest BCUT2D eigenvalue weighted by Crippen LogP contribution is 2.16. The van der Waals surface area contributed by atoms with Gasteiger partial charge in [-0.15, -0.1) is 0 Å². The number of hydrogen-bond donors (Lipinski definition) is 1. The van der Waals surface area contributed by atoms with E-state index in [1.165, 1.54) is 5.56 Å². The van der Waals surface area contributed by atoms with Gasteiger partial charge < -0.3 is 0 Å². The van der Waals surface area contributed by atoms with Gasteiger partial charge in [0.15, 0.2) is 0 Å². The lowest BCUT2D eigenvalue weighted by Crippen LogP contribution is -1.98. The van der Waals surface area contributed by atoms with E-state index in [4.69, 9.17) is 12.2 Å². The summed E-state index contributed by atoms with van der Waals surface area (Å²) >= 11 is 5.27. The lowest BCUT2D eigenvalue weighted by atomic mass is 10.2. The molecular weight excluding hydrogens is 204 g/mol. The van der Waals surface area contributed by atoms with E-state index >= 15 is 0 Å². The molecule has 2 aromatic rings. The van der Waals surface area contributed by atoms with Crippen LogP contribution in [0.3, 0.4) is 0 Å². The van der Waals surface area contributed by atoms with Crippen molar-refractivity contribution in [2.24, 2.45) is 0 Å². The second-order valence-electron chi connectivity index (χ2n) is 3.53. The van der Waals surface area contributed by atoms with Crippen LogP contribution in [0.15, 0.2) is 36.4 Å². The highest BCUT2D eigenvalue weighted by molar-refractivity contribution is 7.71. The first-order chi connectivity index (χ1) is 7.31. The summed E-state index contributed by atoms with van der Waals surface area (Å²) in [6.07, 6.45) is 1.09. The molecule has 15 heavy (non-hydrogen) atoms. The van der Waals surface area contributed by atoms with Crippen LogP contribution in [-0.2, 0) is 6.54 Å². The number of nitrogens with one attached hydrogen (secondary N) is 1. The first kappa shape index (κ1) is 10.2. The van der Waals surface area contributed by atoms with E-state index in [0.29, 0.717) is 0 Å². The van der Waals surface area contributed by atoms with Crippen LogP contribution in [0.25, 0.3) is 11.3 Å². The molecule has 0 aliphatic heterocycles. The fourth-order valence-electron chi connectivity index (χ4n) is 1.59. The Morgan fingerprint density at radius 2 is 2.00 bits per heavy atom. The molecule has 0 aliphatic rings. The fourth-order valence-corrected chi connectivity index (χ4v) is 1.84. The fraction of sp³-hybridized carbons (Fsp3) is 0.250. The smallest absolute Gasteiger partial charge is 0.122 e. The van der Waals surface area contributed by atoms with Gasteiger partial charge in [0.05, 0.1) is 5.69 Å². The molecule has 0 aliphatic carbocycles. The Hall–Kier alpha value is -1.35. The van der Waals surface area contributed by atoms with E-state index in [1.807, 2.05) is 28.9 Å². The minimum Gasteiger partial charge on any atom is -0.297 e. The average molecular weight is 218 g/mol. The molecule has 2 nitrogen and oxygen atoms in total. The van der Waals surface area contributed by atoms with Gasteiger partial charge in [-0.05, 0) is 18.1 Å². The molecule has 0 radical (unpaired) electrons. The molecule has 1 heterocycles. The Kier molecular flexibility index (Phi) is 3.02. The third kappa shape index (κ3) is 2.18. The molecule has 1 N–H and O–H groups in total. The summed E-state index contributed by atoms with van der Waals surface area (Å²) in [6, 6.07) is 12.3. The van der Waals surface area contributed by atoms with Crippen molar-refractivity contribution in [2.45, 2.75) is 19.9 Å². The molecule has 1 aromatic carbocycles. The first-order valence-electron chi connectivity index (χ1n) is 5.16. The summed E-state index contributed by atoms with van der Waals surface area (Å²) in [4.78, 5) is 0. The van der Waals surface area contributed by atoms with E-state index < -0.39 is 0 Å². The Morgan fingerprint density at radius 3 is 2.67 bits per heavy atom. The molecule has 0 bridgehead atoms. The van der Waals surface area contributed by atoms with E-state index in [1.54, 1.807) is 0 Å². The third-order valence-corrected chi connectivity index (χ3v) is 2.66. The van der Waals surface area contributed by atoms with Crippen molar-refractivity contribution in [1.29, 1.82) is 0 Å². The normalized spacial score (nSPS) is 10.5. The molecule has 78 valence electrons. The monoisotopic (exact) mass is 218 g/mol. The Bertz CT molecular complexity index is 482. The van der Waals surface area contributed by atoms with E-state index in [9.17, 15) is 0 Å². The van der Waals surface area contributed by atoms with Crippen LogP contribution in [-0.4, -0.2) is 9.78 Å². The Morgan fingerprint density at radius 1 is 1.27 bits per heavy atom. The topological polar surface area (TPSA) is 20.7 Å². The standard InChI is InChI=1S/C12H14N2S/c1-2-8-14-12(15)9-11(13-14)10-6-4-3-5-7-10/h3-7,9,13H,2,8H2,1H3. The number of aryl methyl sites for hydroxylation is 1. The summed E-state index contributed by atoms with van der Waals surface area (Å²) in [5.74, 6) is 0. The SMILES string of the molecule is CCCn1[nH]c(-c2ccccc2)cc1=S. The van der Waals surface area contributed by atoms with Gasteiger partial charge in [0.25, 0.3) is 0 Å². The number of aromatic nitrogens is 2. The van der Waals surface area contributed by atoms with E-state index in [2.05, 4.69) is 24.2 Å². The van der Waals surface area contributed by atoms with Gasteiger partial charge in [-0.3, -0.25) is 9.78 Å². The van der Waals surface area contributed by atoms with Crippen LogP contribution in [0.1, 0.15) is 13.3 Å². The molecule has 0 unspecified atom stereocenters. The van der Waals surface area contributed by atoms with Crippen LogP contribution < -0.4 is 0 Å². The van der Waals surface area contributed by atoms with Crippen LogP contribution in [0.2, 0.25) is 0 Å². The third-order valence-electron chi connectivity index (χ3n) is 2.32. The van der Waals surface area contributed by atoms with Crippen molar-refractivity contribution in [3.05, 3.63) is 41.0 Å². The molecule has 0 atom stereocenters. The number of benzene rings is 1. The predicted octanol–water partition coefficient (Wildman–Crippen LogP) is 3.62. The minimum absolute atomic E-state index is 0.871. The quantitative estimate of drug-likeness (QED) is 0.780. The average Bonchev–Trinajstić information content (AvgIpc) is 2.63. The summed E-state index contributed by atoms with van der Waals surface area (Å²) in [5, 5.41) is 3.31. The Balaban J connectivity index is 2.39. The van der Waals surface area contributed by atoms with Gasteiger partial charge in [0.1, 0.15) is 4.64 Å². The lowest BCUT2D eigenvalue weighted by molar-refractivity contribution is 0.597. The maximum absolute atomic E-state index is 5.27. The summed E-state index contributed by atoms with van der Waals surface area (Å²) in [7, 11) is 0. The first-order valence-corrected chi connectivity index (χ1v) is 5.57. The number of hydrogen-bond acceptors (Lipinski definition) is 1. The number of H-pyrrole nitrogens is 1. The zero-order chi connectivity index (χ0) is 10.7. The van der Waals surface area contributed by atoms with Crippen molar-refractivity contribution >= 4 is 12.2 Å². The maximum Gasteiger partial charge on any atom is 0.122 e. The van der Waals surface area contributed by atoms with Gasteiger partial charge in [-0.1, -0.05) is 49.5 Å². The molecule has 2 rings (SSSR count). The highest BCUT2D eigenvalue weighted by atomic mass is 32.1. The zero-order valence-corrected chi connectivity index (χ0v) is 9.55. The van der Waals surface area contributed by atoms with Gasteiger partial charge in [-0.25, -0.2) is 0 Å². The van der Waals surface area contributed by atoms with Crippen LogP contribution in [0.5, 0.6) is 0 Å². The second kappa shape index (κ2) is 4.45. The molecule has 0 fully saturated rings. The molecule has 0 saturated heterocycles. The Labute approximate surface area is 94.5 Å². The molecular formula is C12H14N2S. The van der Waals surface area contributed by atoms with E-state index in [-0.39, 0.29) is 0 Å². The molecule has 0 saturated carbocycles. The maximum atomic E-state index is 5.27. The van der Waals surface area contributed by atoms with Gasteiger partial charge >= 0.3 is 0 Å². The van der Waals surface area contributed by atoms with Gasteiger partial charge in [-0.2, -0.15) is 0 Å². The van der Waals surface area contributed by atoms with Crippen molar-refractivity contribution in [1.82, 2.24) is 9.78 Å². The summed E-state index contributed by atoms with van der Waals surface area (Å²) < 4.78 is 2.88. The van der Waals surface area contributed by atoms with Crippen LogP contribution >= 0.6 is 12.2 Å². The second-order valence-corrected chi connectivity index (χ2v) is 3.94. The molecule has 0 spiro atoms. The summed E-state index contributed by atoms with van der Waals surface area (Å²) in [6.45, 7) is 3.09. The van der Waals surface area contributed by atoms with Crippen LogP contribution in [0.4, 0.5) is 0 Å².